The molecule has 0 amide bonds. The Morgan fingerprint density at radius 2 is 1.70 bits per heavy atom. The van der Waals surface area contributed by atoms with Crippen LogP contribution in [0.2, 0.25) is 0 Å². The van der Waals surface area contributed by atoms with Crippen LogP contribution in [0.3, 0.4) is 0 Å². The van der Waals surface area contributed by atoms with Gasteiger partial charge in [-0.1, -0.05) is 6.07 Å². The quantitative estimate of drug-likeness (QED) is 0.351. The van der Waals surface area contributed by atoms with Crippen molar-refractivity contribution in [3.63, 3.8) is 0 Å². The number of hydrogen-bond acceptors (Lipinski definition) is 2. The molecule has 1 rings (SSSR count). The van der Waals surface area contributed by atoms with Gasteiger partial charge in [0.2, 0.25) is 0 Å². The molecule has 0 aliphatic rings. The van der Waals surface area contributed by atoms with E-state index in [-0.39, 0.29) is 24.0 Å². The third-order valence-corrected chi connectivity index (χ3v) is 2.92. The minimum absolute atomic E-state index is 0. The fraction of sp³-hybridized carbons (Fsp3) is 0.533. The maximum atomic E-state index is 5.89. The molecule has 0 spiro atoms. The number of benzene rings is 1. The molecule has 1 aromatic carbocycles. The van der Waals surface area contributed by atoms with Crippen LogP contribution in [-0.2, 0) is 0 Å². The van der Waals surface area contributed by atoms with E-state index in [1.807, 2.05) is 17.0 Å². The van der Waals surface area contributed by atoms with Crippen LogP contribution < -0.4 is 10.5 Å². The molecule has 0 aliphatic heterocycles. The van der Waals surface area contributed by atoms with Gasteiger partial charge in [0, 0.05) is 13.1 Å². The zero-order valence-electron chi connectivity index (χ0n) is 12.8. The number of aryl methyl sites for hydroxylation is 2. The van der Waals surface area contributed by atoms with Crippen molar-refractivity contribution < 1.29 is 4.74 Å². The first kappa shape index (κ1) is 19.0. The van der Waals surface area contributed by atoms with Crippen LogP contribution in [0.5, 0.6) is 5.75 Å². The van der Waals surface area contributed by atoms with Gasteiger partial charge in [-0.15, -0.1) is 24.0 Å². The molecule has 2 N–H and O–H groups in total. The summed E-state index contributed by atoms with van der Waals surface area (Å²) in [6, 6.07) is 6.19. The fourth-order valence-electron chi connectivity index (χ4n) is 1.99. The number of guanidine groups is 1. The van der Waals surface area contributed by atoms with E-state index in [4.69, 9.17) is 10.5 Å². The van der Waals surface area contributed by atoms with Gasteiger partial charge in [-0.25, -0.2) is 4.99 Å². The molecule has 20 heavy (non-hydrogen) atoms. The minimum Gasteiger partial charge on any atom is -0.492 e. The van der Waals surface area contributed by atoms with E-state index in [2.05, 4.69) is 38.8 Å². The molecule has 0 atom stereocenters. The first-order chi connectivity index (χ1) is 9.06. The normalized spacial score (nSPS) is 10.9. The second-order valence-electron chi connectivity index (χ2n) is 4.58. The van der Waals surface area contributed by atoms with Gasteiger partial charge in [0.15, 0.2) is 5.96 Å². The Labute approximate surface area is 139 Å². The van der Waals surface area contributed by atoms with E-state index in [0.29, 0.717) is 19.1 Å². The van der Waals surface area contributed by atoms with E-state index in [1.165, 1.54) is 11.1 Å². The Morgan fingerprint density at radius 3 is 2.20 bits per heavy atom. The lowest BCUT2D eigenvalue weighted by molar-refractivity contribution is 0.327. The summed E-state index contributed by atoms with van der Waals surface area (Å²) in [6.07, 6.45) is 0. The number of aliphatic imine (C=N–C) groups is 1. The summed E-state index contributed by atoms with van der Waals surface area (Å²) in [5, 5.41) is 0. The third kappa shape index (κ3) is 6.45. The smallest absolute Gasteiger partial charge is 0.191 e. The lowest BCUT2D eigenvalue weighted by Crippen LogP contribution is -2.37. The van der Waals surface area contributed by atoms with Crippen molar-refractivity contribution in [3.05, 3.63) is 29.3 Å². The summed E-state index contributed by atoms with van der Waals surface area (Å²) < 4.78 is 5.68. The summed E-state index contributed by atoms with van der Waals surface area (Å²) in [7, 11) is 0. The molecule has 0 radical (unpaired) electrons. The molecule has 0 saturated carbocycles. The molecule has 0 aromatic heterocycles. The number of ether oxygens (including phenoxy) is 1. The lowest BCUT2D eigenvalue weighted by Gasteiger charge is -2.19. The van der Waals surface area contributed by atoms with E-state index in [9.17, 15) is 0 Å². The molecule has 0 fully saturated rings. The molecule has 0 saturated heterocycles. The van der Waals surface area contributed by atoms with Crippen LogP contribution in [0.25, 0.3) is 0 Å². The topological polar surface area (TPSA) is 50.8 Å². The maximum absolute atomic E-state index is 5.89. The van der Waals surface area contributed by atoms with Gasteiger partial charge in [-0.2, -0.15) is 0 Å². The summed E-state index contributed by atoms with van der Waals surface area (Å²) in [4.78, 5) is 6.35. The average molecular weight is 391 g/mol. The van der Waals surface area contributed by atoms with Crippen LogP contribution in [0.4, 0.5) is 0 Å². The highest BCUT2D eigenvalue weighted by molar-refractivity contribution is 14.0. The van der Waals surface area contributed by atoms with Crippen LogP contribution in [-0.4, -0.2) is 37.1 Å². The Bertz CT molecular complexity index is 411. The molecule has 0 unspecified atom stereocenters. The van der Waals surface area contributed by atoms with Crippen LogP contribution in [0, 0.1) is 13.8 Å². The maximum Gasteiger partial charge on any atom is 0.191 e. The van der Waals surface area contributed by atoms with Crippen molar-refractivity contribution in [1.29, 1.82) is 0 Å². The van der Waals surface area contributed by atoms with Gasteiger partial charge >= 0.3 is 0 Å². The van der Waals surface area contributed by atoms with Gasteiger partial charge in [0.05, 0.1) is 6.54 Å². The van der Waals surface area contributed by atoms with E-state index < -0.39 is 0 Å². The Hall–Kier alpha value is -0.980. The van der Waals surface area contributed by atoms with E-state index >= 15 is 0 Å². The van der Waals surface area contributed by atoms with Crippen molar-refractivity contribution >= 4 is 29.9 Å². The highest BCUT2D eigenvalue weighted by atomic mass is 127. The molecule has 0 aliphatic carbocycles. The van der Waals surface area contributed by atoms with Crippen LogP contribution in [0.1, 0.15) is 25.0 Å². The summed E-state index contributed by atoms with van der Waals surface area (Å²) >= 11 is 0. The number of rotatable bonds is 6. The summed E-state index contributed by atoms with van der Waals surface area (Å²) in [6.45, 7) is 11.1. The second kappa shape index (κ2) is 9.85. The highest BCUT2D eigenvalue weighted by Gasteiger charge is 2.01. The van der Waals surface area contributed by atoms with Gasteiger partial charge in [0.1, 0.15) is 12.4 Å². The summed E-state index contributed by atoms with van der Waals surface area (Å²) in [5.74, 6) is 1.49. The van der Waals surface area contributed by atoms with Gasteiger partial charge in [0.25, 0.3) is 0 Å². The van der Waals surface area contributed by atoms with Crippen LogP contribution >= 0.6 is 24.0 Å². The molecule has 4 nitrogen and oxygen atoms in total. The van der Waals surface area contributed by atoms with Crippen molar-refractivity contribution in [2.45, 2.75) is 27.7 Å². The van der Waals surface area contributed by atoms with Gasteiger partial charge in [-0.05, 0) is 51.0 Å². The fourth-order valence-corrected chi connectivity index (χ4v) is 1.99. The lowest BCUT2D eigenvalue weighted by atomic mass is 10.1. The standard InChI is InChI=1S/C15H25N3O.HI/c1-5-18(6-2)15(16)17-7-8-19-14-10-12(3)9-13(4)11-14;/h9-11H,5-8H2,1-4H3,(H2,16,17);1H. The minimum atomic E-state index is 0. The van der Waals surface area contributed by atoms with Gasteiger partial charge < -0.3 is 15.4 Å². The molecule has 5 heteroatoms. The van der Waals surface area contributed by atoms with Crippen LogP contribution in [0.15, 0.2) is 23.2 Å². The zero-order chi connectivity index (χ0) is 14.3. The Balaban J connectivity index is 0.00000361. The van der Waals surface area contributed by atoms with Crippen molar-refractivity contribution in [3.8, 4) is 5.75 Å². The molecular weight excluding hydrogens is 365 g/mol. The molecule has 114 valence electrons. The Morgan fingerprint density at radius 1 is 1.15 bits per heavy atom. The number of hydrogen-bond donors (Lipinski definition) is 1. The van der Waals surface area contributed by atoms with Crippen molar-refractivity contribution in [2.24, 2.45) is 10.7 Å². The molecule has 1 aromatic rings. The zero-order valence-corrected chi connectivity index (χ0v) is 15.2. The van der Waals surface area contributed by atoms with Crippen molar-refractivity contribution in [2.75, 3.05) is 26.2 Å². The first-order valence-corrected chi connectivity index (χ1v) is 6.82. The van der Waals surface area contributed by atoms with Crippen molar-refractivity contribution in [1.82, 2.24) is 4.90 Å². The second-order valence-corrected chi connectivity index (χ2v) is 4.58. The summed E-state index contributed by atoms with van der Waals surface area (Å²) in [5.41, 5.74) is 8.31. The SMILES string of the molecule is CCN(CC)C(N)=NCCOc1cc(C)cc(C)c1.I. The molecule has 0 heterocycles. The average Bonchev–Trinajstić information content (AvgIpc) is 2.35. The largest absolute Gasteiger partial charge is 0.492 e. The monoisotopic (exact) mass is 391 g/mol. The number of nitrogens with two attached hydrogens (primary N) is 1. The third-order valence-electron chi connectivity index (χ3n) is 2.92. The Kier molecular flexibility index (Phi) is 9.37. The van der Waals surface area contributed by atoms with E-state index in [1.54, 1.807) is 0 Å². The molecular formula is C15H26IN3O. The predicted octanol–water partition coefficient (Wildman–Crippen LogP) is 2.96. The van der Waals surface area contributed by atoms with E-state index in [0.717, 1.165) is 18.8 Å². The first-order valence-electron chi connectivity index (χ1n) is 6.82. The molecule has 0 bridgehead atoms. The predicted molar refractivity (Wildman–Crippen MR) is 96.2 cm³/mol. The number of halogens is 1. The number of nitrogens with zero attached hydrogens (tertiary/aromatic N) is 2. The van der Waals surface area contributed by atoms with Gasteiger partial charge in [-0.3, -0.25) is 0 Å². The highest BCUT2D eigenvalue weighted by Crippen LogP contribution is 2.15.